The average Bonchev–Trinajstić information content (AvgIpc) is 2.43. The molecule has 0 aromatic rings. The molecule has 2 rings (SSSR count). The molecular weight excluding hydrogens is 262 g/mol. The summed E-state index contributed by atoms with van der Waals surface area (Å²) in [6, 6.07) is 0. The smallest absolute Gasteiger partial charge is 0.150 e. The molecule has 0 amide bonds. The summed E-state index contributed by atoms with van der Waals surface area (Å²) in [5.41, 5.74) is 0.0260. The maximum atomic E-state index is 11.5. The predicted octanol–water partition coefficient (Wildman–Crippen LogP) is 1.35. The van der Waals surface area contributed by atoms with Crippen molar-refractivity contribution in [2.45, 2.75) is 44.9 Å². The molecule has 0 aromatic heterocycles. The standard InChI is InChI=1S/C11H21NO3S.ClH/c1-11(2)8-15-10(12-11)6-9-4-3-5-16(13,14)7-9;/h9-10,12H,3-8H2,1-2H3;1H. The normalized spacial score (nSPS) is 35.2. The molecule has 2 atom stereocenters. The molecule has 2 aliphatic rings. The van der Waals surface area contributed by atoms with Gasteiger partial charge in [-0.2, -0.15) is 0 Å². The summed E-state index contributed by atoms with van der Waals surface area (Å²) < 4.78 is 28.6. The molecule has 2 heterocycles. The third-order valence-corrected chi connectivity index (χ3v) is 5.19. The Morgan fingerprint density at radius 2 is 2.12 bits per heavy atom. The van der Waals surface area contributed by atoms with Gasteiger partial charge in [-0.25, -0.2) is 8.42 Å². The Kier molecular flexibility index (Phi) is 4.86. The van der Waals surface area contributed by atoms with Gasteiger partial charge in [0.15, 0.2) is 9.84 Å². The first kappa shape index (κ1) is 15.2. The van der Waals surface area contributed by atoms with E-state index in [0.717, 1.165) is 19.3 Å². The Morgan fingerprint density at radius 3 is 2.65 bits per heavy atom. The van der Waals surface area contributed by atoms with Crippen LogP contribution in [0.3, 0.4) is 0 Å². The Morgan fingerprint density at radius 1 is 1.41 bits per heavy atom. The number of ether oxygens (including phenoxy) is 1. The van der Waals surface area contributed by atoms with E-state index in [1.807, 2.05) is 0 Å². The third kappa shape index (κ3) is 4.39. The highest BCUT2D eigenvalue weighted by atomic mass is 35.5. The van der Waals surface area contributed by atoms with Crippen molar-refractivity contribution < 1.29 is 13.2 Å². The molecule has 0 bridgehead atoms. The van der Waals surface area contributed by atoms with E-state index in [1.54, 1.807) is 0 Å². The minimum absolute atomic E-state index is 0. The topological polar surface area (TPSA) is 55.4 Å². The lowest BCUT2D eigenvalue weighted by atomic mass is 10.00. The van der Waals surface area contributed by atoms with Crippen molar-refractivity contribution in [2.75, 3.05) is 18.1 Å². The van der Waals surface area contributed by atoms with E-state index < -0.39 is 9.84 Å². The van der Waals surface area contributed by atoms with Crippen LogP contribution in [0.2, 0.25) is 0 Å². The molecule has 0 aromatic carbocycles. The number of halogens is 1. The van der Waals surface area contributed by atoms with Crippen LogP contribution in [-0.4, -0.2) is 38.3 Å². The van der Waals surface area contributed by atoms with Crippen molar-refractivity contribution in [3.05, 3.63) is 0 Å². The van der Waals surface area contributed by atoms with Crippen molar-refractivity contribution in [3.8, 4) is 0 Å². The largest absolute Gasteiger partial charge is 0.361 e. The molecule has 2 saturated heterocycles. The Bertz CT molecular complexity index is 356. The minimum Gasteiger partial charge on any atom is -0.361 e. The van der Waals surface area contributed by atoms with Gasteiger partial charge in [-0.15, -0.1) is 12.4 Å². The van der Waals surface area contributed by atoms with E-state index in [-0.39, 0.29) is 30.1 Å². The number of sulfone groups is 1. The van der Waals surface area contributed by atoms with Gasteiger partial charge in [-0.3, -0.25) is 5.32 Å². The zero-order valence-corrected chi connectivity index (χ0v) is 12.1. The quantitative estimate of drug-likeness (QED) is 0.831. The summed E-state index contributed by atoms with van der Waals surface area (Å²) in [7, 11) is -2.79. The van der Waals surface area contributed by atoms with Gasteiger partial charge in [0.05, 0.1) is 18.1 Å². The molecule has 0 saturated carbocycles. The second-order valence-electron chi connectivity index (χ2n) is 5.69. The van der Waals surface area contributed by atoms with Crippen molar-refractivity contribution in [1.29, 1.82) is 0 Å². The first-order valence-corrected chi connectivity index (χ1v) is 7.78. The fourth-order valence-electron chi connectivity index (χ4n) is 2.56. The number of hydrogen-bond acceptors (Lipinski definition) is 4. The second kappa shape index (κ2) is 5.43. The zero-order valence-electron chi connectivity index (χ0n) is 10.4. The van der Waals surface area contributed by atoms with E-state index in [2.05, 4.69) is 19.2 Å². The summed E-state index contributed by atoms with van der Waals surface area (Å²) in [6.45, 7) is 4.91. The molecule has 6 heteroatoms. The predicted molar refractivity (Wildman–Crippen MR) is 70.2 cm³/mol. The molecule has 1 N–H and O–H groups in total. The molecule has 102 valence electrons. The monoisotopic (exact) mass is 283 g/mol. The molecule has 0 radical (unpaired) electrons. The van der Waals surface area contributed by atoms with Crippen LogP contribution in [-0.2, 0) is 14.6 Å². The lowest BCUT2D eigenvalue weighted by Crippen LogP contribution is -2.40. The van der Waals surface area contributed by atoms with Gasteiger partial charge in [-0.05, 0) is 39.0 Å². The average molecular weight is 284 g/mol. The molecule has 17 heavy (non-hydrogen) atoms. The highest BCUT2D eigenvalue weighted by Gasteiger charge is 2.34. The van der Waals surface area contributed by atoms with Crippen LogP contribution in [0.4, 0.5) is 0 Å². The molecular formula is C11H22ClNO3S. The number of rotatable bonds is 2. The lowest BCUT2D eigenvalue weighted by Gasteiger charge is -2.25. The van der Waals surface area contributed by atoms with E-state index in [4.69, 9.17) is 4.74 Å². The van der Waals surface area contributed by atoms with Crippen LogP contribution >= 0.6 is 12.4 Å². The summed E-state index contributed by atoms with van der Waals surface area (Å²) in [6.07, 6.45) is 2.68. The Balaban J connectivity index is 0.00000144. The lowest BCUT2D eigenvalue weighted by molar-refractivity contribution is 0.0786. The minimum atomic E-state index is -2.79. The maximum Gasteiger partial charge on any atom is 0.150 e. The van der Waals surface area contributed by atoms with Gasteiger partial charge in [0.1, 0.15) is 6.23 Å². The van der Waals surface area contributed by atoms with Crippen LogP contribution in [0.25, 0.3) is 0 Å². The van der Waals surface area contributed by atoms with Gasteiger partial charge >= 0.3 is 0 Å². The second-order valence-corrected chi connectivity index (χ2v) is 7.91. The van der Waals surface area contributed by atoms with E-state index in [1.165, 1.54) is 0 Å². The molecule has 2 aliphatic heterocycles. The van der Waals surface area contributed by atoms with Gasteiger partial charge in [0.25, 0.3) is 0 Å². The van der Waals surface area contributed by atoms with Crippen LogP contribution in [0.5, 0.6) is 0 Å². The van der Waals surface area contributed by atoms with Crippen LogP contribution in [0.15, 0.2) is 0 Å². The molecule has 0 aliphatic carbocycles. The summed E-state index contributed by atoms with van der Waals surface area (Å²) in [5, 5.41) is 3.39. The molecule has 4 nitrogen and oxygen atoms in total. The Hall–Kier alpha value is 0.160. The van der Waals surface area contributed by atoms with Gasteiger partial charge in [0, 0.05) is 5.54 Å². The van der Waals surface area contributed by atoms with Crippen molar-refractivity contribution in [3.63, 3.8) is 0 Å². The van der Waals surface area contributed by atoms with Crippen molar-refractivity contribution in [1.82, 2.24) is 5.32 Å². The Labute approximate surface area is 110 Å². The fraction of sp³-hybridized carbons (Fsp3) is 1.00. The van der Waals surface area contributed by atoms with Crippen LogP contribution in [0, 0.1) is 5.92 Å². The number of nitrogens with one attached hydrogen (secondary N) is 1. The van der Waals surface area contributed by atoms with E-state index >= 15 is 0 Å². The SMILES string of the molecule is CC1(C)COC(CC2CCCS(=O)(=O)C2)N1.Cl. The summed E-state index contributed by atoms with van der Waals surface area (Å²) in [4.78, 5) is 0. The van der Waals surface area contributed by atoms with Crippen molar-refractivity contribution in [2.24, 2.45) is 5.92 Å². The van der Waals surface area contributed by atoms with Crippen LogP contribution < -0.4 is 5.32 Å². The first-order chi connectivity index (χ1) is 7.36. The summed E-state index contributed by atoms with van der Waals surface area (Å²) >= 11 is 0. The molecule has 2 unspecified atom stereocenters. The maximum absolute atomic E-state index is 11.5. The van der Waals surface area contributed by atoms with Gasteiger partial charge in [0.2, 0.25) is 0 Å². The fourth-order valence-corrected chi connectivity index (χ4v) is 4.36. The highest BCUT2D eigenvalue weighted by Crippen LogP contribution is 2.26. The zero-order chi connectivity index (χ0) is 11.8. The van der Waals surface area contributed by atoms with E-state index in [9.17, 15) is 8.42 Å². The van der Waals surface area contributed by atoms with Crippen LogP contribution in [0.1, 0.15) is 33.1 Å². The molecule has 0 spiro atoms. The van der Waals surface area contributed by atoms with E-state index in [0.29, 0.717) is 18.1 Å². The molecule has 2 fully saturated rings. The first-order valence-electron chi connectivity index (χ1n) is 5.96. The number of hydrogen-bond donors (Lipinski definition) is 1. The van der Waals surface area contributed by atoms with Crippen molar-refractivity contribution >= 4 is 22.2 Å². The van der Waals surface area contributed by atoms with Gasteiger partial charge < -0.3 is 4.74 Å². The van der Waals surface area contributed by atoms with Gasteiger partial charge in [-0.1, -0.05) is 0 Å². The third-order valence-electron chi connectivity index (χ3n) is 3.30. The summed E-state index contributed by atoms with van der Waals surface area (Å²) in [5.74, 6) is 0.980. The highest BCUT2D eigenvalue weighted by molar-refractivity contribution is 7.91.